The molecule has 2 atom stereocenters. The van der Waals surface area contributed by atoms with Crippen LogP contribution >= 0.6 is 0 Å². The molecule has 116 valence electrons. The number of carbonyl (C=O) groups excluding carboxylic acids is 1. The van der Waals surface area contributed by atoms with Crippen LogP contribution in [0.5, 0.6) is 0 Å². The van der Waals surface area contributed by atoms with Gasteiger partial charge in [-0.3, -0.25) is 9.69 Å². The van der Waals surface area contributed by atoms with E-state index in [1.807, 2.05) is 0 Å². The zero-order chi connectivity index (χ0) is 15.2. The van der Waals surface area contributed by atoms with E-state index >= 15 is 0 Å². The maximum absolute atomic E-state index is 12.3. The van der Waals surface area contributed by atoms with E-state index in [-0.39, 0.29) is 11.9 Å². The second-order valence-corrected chi connectivity index (χ2v) is 6.80. The van der Waals surface area contributed by atoms with Crippen molar-refractivity contribution in [2.45, 2.75) is 57.2 Å². The predicted molar refractivity (Wildman–Crippen MR) is 77.1 cm³/mol. The number of hydrogen-bond donors (Lipinski definition) is 2. The quantitative estimate of drug-likeness (QED) is 0.870. The number of β-amino-alcohol motifs (C(OH)–C–C–N with tert-alkyl or cyclic N) is 1. The van der Waals surface area contributed by atoms with Gasteiger partial charge >= 0.3 is 0 Å². The van der Waals surface area contributed by atoms with E-state index in [0.29, 0.717) is 30.7 Å². The summed E-state index contributed by atoms with van der Waals surface area (Å²) in [4.78, 5) is 14.4. The lowest BCUT2D eigenvalue weighted by Crippen LogP contribution is -2.50. The van der Waals surface area contributed by atoms with Gasteiger partial charge in [0.25, 0.3) is 5.91 Å². The van der Waals surface area contributed by atoms with Gasteiger partial charge in [-0.1, -0.05) is 5.16 Å². The molecule has 0 bridgehead atoms. The summed E-state index contributed by atoms with van der Waals surface area (Å²) in [5.74, 6) is 0.953. The van der Waals surface area contributed by atoms with Crippen molar-refractivity contribution in [3.8, 4) is 0 Å². The highest BCUT2D eigenvalue weighted by atomic mass is 16.5. The molecule has 3 rings (SSSR count). The van der Waals surface area contributed by atoms with Gasteiger partial charge < -0.3 is 14.9 Å². The third-order valence-electron chi connectivity index (χ3n) is 4.47. The summed E-state index contributed by atoms with van der Waals surface area (Å²) < 4.78 is 5.20. The minimum absolute atomic E-state index is 0.276. The fourth-order valence-electron chi connectivity index (χ4n) is 2.80. The Labute approximate surface area is 124 Å². The molecule has 2 N–H and O–H groups in total. The summed E-state index contributed by atoms with van der Waals surface area (Å²) in [5, 5.41) is 17.2. The lowest BCUT2D eigenvalue weighted by atomic mass is 10.0. The highest BCUT2D eigenvalue weighted by Gasteiger charge is 2.43. The summed E-state index contributed by atoms with van der Waals surface area (Å²) in [5.41, 5.74) is -0.626. The summed E-state index contributed by atoms with van der Waals surface area (Å²) in [6.45, 7) is 7.13. The number of rotatable bonds is 4. The highest BCUT2D eigenvalue weighted by Crippen LogP contribution is 2.40. The minimum Gasteiger partial charge on any atom is -0.387 e. The van der Waals surface area contributed by atoms with Crippen LogP contribution in [-0.2, 0) is 0 Å². The average Bonchev–Trinajstić information content (AvgIpc) is 3.05. The molecule has 1 aromatic heterocycles. The van der Waals surface area contributed by atoms with Crippen molar-refractivity contribution in [1.29, 1.82) is 0 Å². The van der Waals surface area contributed by atoms with Gasteiger partial charge in [0, 0.05) is 31.1 Å². The Hall–Kier alpha value is -1.40. The van der Waals surface area contributed by atoms with E-state index in [4.69, 9.17) is 4.52 Å². The Morgan fingerprint density at radius 1 is 1.57 bits per heavy atom. The van der Waals surface area contributed by atoms with Crippen molar-refractivity contribution in [3.05, 3.63) is 17.5 Å². The largest absolute Gasteiger partial charge is 0.387 e. The van der Waals surface area contributed by atoms with Gasteiger partial charge in [-0.05, 0) is 33.6 Å². The number of likely N-dealkylation sites (tertiary alicyclic amines) is 1. The Morgan fingerprint density at radius 2 is 2.29 bits per heavy atom. The fraction of sp³-hybridized carbons (Fsp3) is 0.733. The first-order valence-corrected chi connectivity index (χ1v) is 7.61. The molecule has 6 nitrogen and oxygen atoms in total. The van der Waals surface area contributed by atoms with Crippen LogP contribution in [0, 0.1) is 0 Å². The molecule has 2 aliphatic rings. The summed E-state index contributed by atoms with van der Waals surface area (Å²) in [7, 11) is 0. The molecule has 1 aliphatic heterocycles. The van der Waals surface area contributed by atoms with Crippen LogP contribution in [0.1, 0.15) is 55.8 Å². The molecule has 0 radical (unpaired) electrons. The number of carbonyl (C=O) groups is 1. The zero-order valence-electron chi connectivity index (χ0n) is 12.8. The van der Waals surface area contributed by atoms with Crippen molar-refractivity contribution < 1.29 is 14.4 Å². The zero-order valence-corrected chi connectivity index (χ0v) is 12.8. The lowest BCUT2D eigenvalue weighted by molar-refractivity contribution is 0.0406. The van der Waals surface area contributed by atoms with Gasteiger partial charge in [0.05, 0.1) is 11.6 Å². The van der Waals surface area contributed by atoms with Gasteiger partial charge in [0.15, 0.2) is 5.69 Å². The second-order valence-electron chi connectivity index (χ2n) is 6.80. The molecule has 1 saturated carbocycles. The number of nitrogens with one attached hydrogen (secondary N) is 1. The molecule has 6 heteroatoms. The van der Waals surface area contributed by atoms with Gasteiger partial charge in [0.1, 0.15) is 5.76 Å². The maximum atomic E-state index is 12.3. The van der Waals surface area contributed by atoms with Crippen molar-refractivity contribution >= 4 is 5.91 Å². The second kappa shape index (κ2) is 5.10. The van der Waals surface area contributed by atoms with Gasteiger partial charge in [-0.25, -0.2) is 0 Å². The topological polar surface area (TPSA) is 78.6 Å². The van der Waals surface area contributed by atoms with E-state index in [2.05, 4.69) is 29.2 Å². The van der Waals surface area contributed by atoms with Gasteiger partial charge in [-0.15, -0.1) is 0 Å². The van der Waals surface area contributed by atoms with Crippen LogP contribution < -0.4 is 5.32 Å². The molecule has 1 amide bonds. The smallest absolute Gasteiger partial charge is 0.273 e. The molecule has 0 aromatic carbocycles. The lowest BCUT2D eigenvalue weighted by Gasteiger charge is -2.24. The molecular weight excluding hydrogens is 270 g/mol. The Bertz CT molecular complexity index is 534. The van der Waals surface area contributed by atoms with E-state index < -0.39 is 5.60 Å². The number of amides is 1. The van der Waals surface area contributed by atoms with Crippen LogP contribution in [-0.4, -0.2) is 51.8 Å². The van der Waals surface area contributed by atoms with Crippen LogP contribution in [0.2, 0.25) is 0 Å². The van der Waals surface area contributed by atoms with Crippen molar-refractivity contribution in [2.24, 2.45) is 0 Å². The first-order valence-electron chi connectivity index (χ1n) is 7.61. The summed E-state index contributed by atoms with van der Waals surface area (Å²) in [6, 6.07) is 1.76. The van der Waals surface area contributed by atoms with Crippen LogP contribution in [0.4, 0.5) is 0 Å². The third-order valence-corrected chi connectivity index (χ3v) is 4.47. The third kappa shape index (κ3) is 2.96. The molecule has 2 heterocycles. The maximum Gasteiger partial charge on any atom is 0.273 e. The molecule has 1 saturated heterocycles. The first-order chi connectivity index (χ1) is 9.87. The van der Waals surface area contributed by atoms with Gasteiger partial charge in [-0.2, -0.15) is 0 Å². The van der Waals surface area contributed by atoms with Crippen molar-refractivity contribution in [3.63, 3.8) is 0 Å². The normalized spacial score (nSPS) is 30.0. The SMILES string of the molecule is CC(C)N1C[C@H](NC(=O)c2cc(C3CC3)on2)[C@](C)(O)C1. The van der Waals surface area contributed by atoms with Crippen LogP contribution in [0.15, 0.2) is 10.6 Å². The molecule has 0 unspecified atom stereocenters. The molecule has 21 heavy (non-hydrogen) atoms. The highest BCUT2D eigenvalue weighted by molar-refractivity contribution is 5.92. The molecule has 2 fully saturated rings. The Kier molecular flexibility index (Phi) is 3.53. The van der Waals surface area contributed by atoms with E-state index in [0.717, 1.165) is 18.6 Å². The molecule has 1 aliphatic carbocycles. The number of aliphatic hydroxyl groups is 1. The van der Waals surface area contributed by atoms with E-state index in [9.17, 15) is 9.90 Å². The minimum atomic E-state index is -0.928. The number of aromatic nitrogens is 1. The predicted octanol–water partition coefficient (Wildman–Crippen LogP) is 1.13. The first kappa shape index (κ1) is 14.5. The number of hydrogen-bond acceptors (Lipinski definition) is 5. The van der Waals surface area contributed by atoms with Gasteiger partial charge in [0.2, 0.25) is 0 Å². The Balaban J connectivity index is 1.65. The standard InChI is InChI=1S/C15H23N3O3/c1-9(2)18-7-13(15(3,20)8-18)16-14(19)11-6-12(21-17-11)10-4-5-10/h6,9-10,13,20H,4-5,7-8H2,1-3H3,(H,16,19)/t13-,15+/m0/s1. The fourth-order valence-corrected chi connectivity index (χ4v) is 2.80. The summed E-state index contributed by atoms with van der Waals surface area (Å²) in [6.07, 6.45) is 2.22. The Morgan fingerprint density at radius 3 is 2.86 bits per heavy atom. The number of nitrogens with zero attached hydrogens (tertiary/aromatic N) is 2. The van der Waals surface area contributed by atoms with Crippen molar-refractivity contribution in [1.82, 2.24) is 15.4 Å². The van der Waals surface area contributed by atoms with Crippen LogP contribution in [0.25, 0.3) is 0 Å². The van der Waals surface area contributed by atoms with Crippen molar-refractivity contribution in [2.75, 3.05) is 13.1 Å². The van der Waals surface area contributed by atoms with Crippen LogP contribution in [0.3, 0.4) is 0 Å². The van der Waals surface area contributed by atoms with E-state index in [1.54, 1.807) is 13.0 Å². The molecule has 1 aromatic rings. The summed E-state index contributed by atoms with van der Waals surface area (Å²) >= 11 is 0. The monoisotopic (exact) mass is 293 g/mol. The average molecular weight is 293 g/mol. The molecular formula is C15H23N3O3. The van der Waals surface area contributed by atoms with E-state index in [1.165, 1.54) is 0 Å². The molecule has 0 spiro atoms.